The second-order valence-electron chi connectivity index (χ2n) is 7.13. The van der Waals surface area contributed by atoms with Gasteiger partial charge >= 0.3 is 23.9 Å². The monoisotopic (exact) mass is 470 g/mol. The van der Waals surface area contributed by atoms with Crippen LogP contribution in [0, 0.1) is 0 Å². The van der Waals surface area contributed by atoms with Crippen molar-refractivity contribution < 1.29 is 49.1 Å². The van der Waals surface area contributed by atoms with Crippen LogP contribution in [0.5, 0.6) is 0 Å². The van der Waals surface area contributed by atoms with E-state index in [0.717, 1.165) is 5.56 Å². The minimum absolute atomic E-state index is 0.0827. The fourth-order valence-electron chi connectivity index (χ4n) is 3.02. The molecule has 1 aromatic carbocycles. The molecule has 4 N–H and O–H groups in total. The summed E-state index contributed by atoms with van der Waals surface area (Å²) in [5.74, 6) is -4.56. The first kappa shape index (κ1) is 28.0. The summed E-state index contributed by atoms with van der Waals surface area (Å²) in [5.41, 5.74) is 0.773. The standard InChI is InChI=1S/C21H30N2O10/c24-18(25)13-22(14-19(26)27)6-8-32-10-11-33-9-7-23(15-20(28)29)17(21(30)31)12-16-4-2-1-3-5-16/h1-5,17H,6-15H2,(H,24,25)(H,26,27)(H,28,29)(H,30,31). The van der Waals surface area contributed by atoms with Crippen LogP contribution in [0.1, 0.15) is 5.56 Å². The van der Waals surface area contributed by atoms with Gasteiger partial charge in [-0.15, -0.1) is 0 Å². The third-order valence-corrected chi connectivity index (χ3v) is 4.50. The average molecular weight is 470 g/mol. The molecule has 0 spiro atoms. The maximum absolute atomic E-state index is 11.7. The molecule has 0 radical (unpaired) electrons. The van der Waals surface area contributed by atoms with Gasteiger partial charge < -0.3 is 29.9 Å². The molecular weight excluding hydrogens is 440 g/mol. The van der Waals surface area contributed by atoms with E-state index in [4.69, 9.17) is 24.8 Å². The highest BCUT2D eigenvalue weighted by molar-refractivity contribution is 5.76. The summed E-state index contributed by atoms with van der Waals surface area (Å²) in [7, 11) is 0. The van der Waals surface area contributed by atoms with Crippen LogP contribution in [0.25, 0.3) is 0 Å². The molecule has 33 heavy (non-hydrogen) atoms. The predicted molar refractivity (Wildman–Crippen MR) is 114 cm³/mol. The van der Waals surface area contributed by atoms with Gasteiger partial charge in [-0.3, -0.25) is 29.0 Å². The van der Waals surface area contributed by atoms with Gasteiger partial charge in [0.15, 0.2) is 0 Å². The number of carboxylic acid groups (broad SMARTS) is 4. The molecule has 12 nitrogen and oxygen atoms in total. The van der Waals surface area contributed by atoms with E-state index >= 15 is 0 Å². The zero-order chi connectivity index (χ0) is 24.6. The van der Waals surface area contributed by atoms with E-state index in [1.165, 1.54) is 9.80 Å². The lowest BCUT2D eigenvalue weighted by Gasteiger charge is -2.27. The number of hydrogen-bond acceptors (Lipinski definition) is 8. The molecule has 0 bridgehead atoms. The Morgan fingerprint density at radius 3 is 1.73 bits per heavy atom. The molecule has 1 rings (SSSR count). The number of benzene rings is 1. The van der Waals surface area contributed by atoms with E-state index in [1.807, 2.05) is 0 Å². The van der Waals surface area contributed by atoms with Gasteiger partial charge in [0.2, 0.25) is 0 Å². The van der Waals surface area contributed by atoms with Crippen molar-refractivity contribution in [2.75, 3.05) is 59.2 Å². The first-order valence-electron chi connectivity index (χ1n) is 10.2. The second kappa shape index (κ2) is 15.7. The van der Waals surface area contributed by atoms with E-state index in [1.54, 1.807) is 30.3 Å². The van der Waals surface area contributed by atoms with Gasteiger partial charge in [0, 0.05) is 13.1 Å². The lowest BCUT2D eigenvalue weighted by atomic mass is 10.0. The first-order valence-corrected chi connectivity index (χ1v) is 10.2. The number of nitrogens with zero attached hydrogens (tertiary/aromatic N) is 2. The SMILES string of the molecule is O=C(O)CN(CCOCCOCCN(CC(=O)O)C(Cc1ccccc1)C(=O)O)CC(=O)O. The quantitative estimate of drug-likeness (QED) is 0.192. The highest BCUT2D eigenvalue weighted by atomic mass is 16.5. The Hall–Kier alpha value is -3.06. The zero-order valence-electron chi connectivity index (χ0n) is 18.2. The number of carboxylic acids is 4. The van der Waals surface area contributed by atoms with Crippen LogP contribution in [-0.2, 0) is 35.1 Å². The third-order valence-electron chi connectivity index (χ3n) is 4.50. The molecule has 184 valence electrons. The smallest absolute Gasteiger partial charge is 0.321 e. The first-order chi connectivity index (χ1) is 15.7. The van der Waals surface area contributed by atoms with Crippen LogP contribution >= 0.6 is 0 Å². The maximum atomic E-state index is 11.7. The summed E-state index contributed by atoms with van der Waals surface area (Å²) in [6.07, 6.45) is 0.149. The van der Waals surface area contributed by atoms with E-state index in [0.29, 0.717) is 0 Å². The molecule has 1 unspecified atom stereocenters. The Bertz CT molecular complexity index is 743. The van der Waals surface area contributed by atoms with E-state index in [-0.39, 0.29) is 45.9 Å². The van der Waals surface area contributed by atoms with Crippen LogP contribution < -0.4 is 0 Å². The van der Waals surface area contributed by atoms with Gasteiger partial charge in [-0.1, -0.05) is 30.3 Å². The van der Waals surface area contributed by atoms with Crippen molar-refractivity contribution in [1.29, 1.82) is 0 Å². The van der Waals surface area contributed by atoms with Crippen LogP contribution in [0.2, 0.25) is 0 Å². The summed E-state index contributed by atoms with van der Waals surface area (Å²) >= 11 is 0. The van der Waals surface area contributed by atoms with E-state index in [2.05, 4.69) is 0 Å². The van der Waals surface area contributed by atoms with Crippen molar-refractivity contribution in [3.8, 4) is 0 Å². The number of carbonyl (C=O) groups is 4. The Morgan fingerprint density at radius 1 is 0.727 bits per heavy atom. The molecule has 0 aliphatic carbocycles. The van der Waals surface area contributed by atoms with Crippen molar-refractivity contribution in [2.45, 2.75) is 12.5 Å². The minimum atomic E-state index is -1.15. The lowest BCUT2D eigenvalue weighted by molar-refractivity contribution is -0.147. The van der Waals surface area contributed by atoms with Gasteiger partial charge in [-0.25, -0.2) is 0 Å². The predicted octanol–water partition coefficient (Wildman–Crippen LogP) is -0.427. The van der Waals surface area contributed by atoms with Crippen molar-refractivity contribution in [1.82, 2.24) is 9.80 Å². The third kappa shape index (κ3) is 13.2. The van der Waals surface area contributed by atoms with Gasteiger partial charge in [-0.2, -0.15) is 0 Å². The lowest BCUT2D eigenvalue weighted by Crippen LogP contribution is -2.46. The molecule has 1 atom stereocenters. The van der Waals surface area contributed by atoms with Crippen LogP contribution in [-0.4, -0.2) is 119 Å². The molecule has 12 heteroatoms. The number of rotatable bonds is 19. The number of aliphatic carboxylic acids is 4. The second-order valence-corrected chi connectivity index (χ2v) is 7.13. The zero-order valence-corrected chi connectivity index (χ0v) is 18.2. The average Bonchev–Trinajstić information content (AvgIpc) is 2.72. The molecule has 0 heterocycles. The van der Waals surface area contributed by atoms with Gasteiger partial charge in [0.05, 0.1) is 46.1 Å². The Balaban J connectivity index is 2.40. The van der Waals surface area contributed by atoms with E-state index < -0.39 is 49.6 Å². The van der Waals surface area contributed by atoms with Gasteiger partial charge in [0.25, 0.3) is 0 Å². The fraction of sp³-hybridized carbons (Fsp3) is 0.524. The van der Waals surface area contributed by atoms with Crippen molar-refractivity contribution in [3.63, 3.8) is 0 Å². The highest BCUT2D eigenvalue weighted by Gasteiger charge is 2.27. The summed E-state index contributed by atoms with van der Waals surface area (Å²) in [5, 5.41) is 36.3. The number of ether oxygens (including phenoxy) is 2. The Labute approximate surface area is 190 Å². The van der Waals surface area contributed by atoms with Gasteiger partial charge in [-0.05, 0) is 12.0 Å². The van der Waals surface area contributed by atoms with Crippen molar-refractivity contribution in [3.05, 3.63) is 35.9 Å². The van der Waals surface area contributed by atoms with Crippen LogP contribution in [0.3, 0.4) is 0 Å². The summed E-state index contributed by atoms with van der Waals surface area (Å²) in [6, 6.07) is 7.88. The summed E-state index contributed by atoms with van der Waals surface area (Å²) in [4.78, 5) is 47.0. The van der Waals surface area contributed by atoms with E-state index in [9.17, 15) is 24.3 Å². The molecule has 0 saturated heterocycles. The maximum Gasteiger partial charge on any atom is 0.321 e. The minimum Gasteiger partial charge on any atom is -0.480 e. The molecule has 1 aromatic rings. The molecular formula is C21H30N2O10. The normalized spacial score (nSPS) is 12.1. The number of hydrogen-bond donors (Lipinski definition) is 4. The molecule has 0 aliphatic heterocycles. The molecule has 0 fully saturated rings. The fourth-order valence-corrected chi connectivity index (χ4v) is 3.02. The molecule has 0 aliphatic rings. The van der Waals surface area contributed by atoms with Crippen molar-refractivity contribution in [2.24, 2.45) is 0 Å². The molecule has 0 aromatic heterocycles. The summed E-state index contributed by atoms with van der Waals surface area (Å²) < 4.78 is 10.7. The topological polar surface area (TPSA) is 174 Å². The van der Waals surface area contributed by atoms with Gasteiger partial charge in [0.1, 0.15) is 6.04 Å². The van der Waals surface area contributed by atoms with Crippen LogP contribution in [0.15, 0.2) is 30.3 Å². The largest absolute Gasteiger partial charge is 0.480 e. The highest BCUT2D eigenvalue weighted by Crippen LogP contribution is 2.10. The van der Waals surface area contributed by atoms with Crippen LogP contribution in [0.4, 0.5) is 0 Å². The Kier molecular flexibility index (Phi) is 13.3. The summed E-state index contributed by atoms with van der Waals surface area (Å²) in [6.45, 7) is -0.599. The van der Waals surface area contributed by atoms with Crippen molar-refractivity contribution >= 4 is 23.9 Å². The molecule has 0 saturated carbocycles. The molecule has 0 amide bonds. The Morgan fingerprint density at radius 2 is 1.24 bits per heavy atom.